The predicted octanol–water partition coefficient (Wildman–Crippen LogP) is 1.10. The Balaban J connectivity index is 2.66. The van der Waals surface area contributed by atoms with Gasteiger partial charge in [-0.15, -0.1) is 0 Å². The van der Waals surface area contributed by atoms with Crippen molar-refractivity contribution < 1.29 is 9.18 Å². The number of nitrogens with zero attached hydrogens (tertiary/aromatic N) is 1. The number of hydrogen-bond donors (Lipinski definition) is 2. The van der Waals surface area contributed by atoms with Gasteiger partial charge >= 0.3 is 0 Å². The van der Waals surface area contributed by atoms with Gasteiger partial charge in [-0.3, -0.25) is 4.79 Å². The molecule has 0 saturated carbocycles. The van der Waals surface area contributed by atoms with Crippen LogP contribution in [-0.4, -0.2) is 31.4 Å². The minimum absolute atomic E-state index is 0.0111. The van der Waals surface area contributed by atoms with Crippen LogP contribution in [0.25, 0.3) is 0 Å². The normalized spacial score (nSPS) is 12.5. The van der Waals surface area contributed by atoms with Gasteiger partial charge in [-0.25, -0.2) is 4.39 Å². The van der Waals surface area contributed by atoms with Crippen LogP contribution in [-0.2, 0) is 17.9 Å². The van der Waals surface area contributed by atoms with Crippen LogP contribution in [0.5, 0.6) is 0 Å². The molecule has 0 fully saturated rings. The Morgan fingerprint density at radius 1 is 1.53 bits per heavy atom. The van der Waals surface area contributed by atoms with E-state index in [1.165, 1.54) is 6.07 Å². The fourth-order valence-corrected chi connectivity index (χ4v) is 2.03. The van der Waals surface area contributed by atoms with Gasteiger partial charge in [0.05, 0.1) is 0 Å². The maximum atomic E-state index is 13.7. The van der Waals surface area contributed by atoms with Crippen LogP contribution in [0.1, 0.15) is 18.1 Å². The third kappa shape index (κ3) is 4.61. The van der Waals surface area contributed by atoms with Crippen molar-refractivity contribution in [1.82, 2.24) is 10.2 Å². The van der Waals surface area contributed by atoms with Crippen molar-refractivity contribution in [3.8, 4) is 0 Å². The molecule has 1 amide bonds. The molecule has 4 nitrogen and oxygen atoms in total. The number of benzene rings is 1. The summed E-state index contributed by atoms with van der Waals surface area (Å²) in [6, 6.07) is 4.90. The minimum Gasteiger partial charge on any atom is -0.359 e. The molecule has 1 aromatic carbocycles. The molecule has 0 aliphatic rings. The summed E-state index contributed by atoms with van der Waals surface area (Å²) in [6.45, 7) is 3.28. The number of amides is 1. The van der Waals surface area contributed by atoms with E-state index in [1.807, 2.05) is 18.9 Å². The van der Waals surface area contributed by atoms with E-state index >= 15 is 0 Å². The molecule has 1 rings (SSSR count). The molecule has 5 heteroatoms. The molecule has 0 aliphatic heterocycles. The second-order valence-corrected chi connectivity index (χ2v) is 4.84. The minimum atomic E-state index is -0.239. The summed E-state index contributed by atoms with van der Waals surface area (Å²) in [5.74, 6) is -0.379. The summed E-state index contributed by atoms with van der Waals surface area (Å²) < 4.78 is 13.7. The lowest BCUT2D eigenvalue weighted by molar-refractivity contribution is -0.124. The van der Waals surface area contributed by atoms with Crippen molar-refractivity contribution in [1.29, 1.82) is 0 Å². The van der Waals surface area contributed by atoms with Crippen LogP contribution < -0.4 is 11.1 Å². The van der Waals surface area contributed by atoms with Gasteiger partial charge in [-0.2, -0.15) is 0 Å². The fourth-order valence-electron chi connectivity index (χ4n) is 2.03. The number of halogens is 1. The Bertz CT molecular complexity index is 437. The molecule has 0 aliphatic carbocycles. The number of carbonyl (C=O) groups is 1. The van der Waals surface area contributed by atoms with Gasteiger partial charge in [0.25, 0.3) is 0 Å². The van der Waals surface area contributed by atoms with Gasteiger partial charge < -0.3 is 16.0 Å². The van der Waals surface area contributed by atoms with Crippen molar-refractivity contribution in [2.75, 3.05) is 20.6 Å². The van der Waals surface area contributed by atoms with Crippen LogP contribution in [0.4, 0.5) is 4.39 Å². The third-order valence-corrected chi connectivity index (χ3v) is 3.07. The lowest BCUT2D eigenvalue weighted by Crippen LogP contribution is -2.34. The van der Waals surface area contributed by atoms with E-state index < -0.39 is 0 Å². The van der Waals surface area contributed by atoms with Crippen molar-refractivity contribution in [2.24, 2.45) is 11.7 Å². The molecule has 0 bridgehead atoms. The molecule has 0 spiro atoms. The van der Waals surface area contributed by atoms with Crippen molar-refractivity contribution in [2.45, 2.75) is 20.0 Å². The first kappa shape index (κ1) is 15.6. The number of nitrogens with one attached hydrogen (secondary N) is 1. The van der Waals surface area contributed by atoms with E-state index in [4.69, 9.17) is 5.73 Å². The zero-order valence-corrected chi connectivity index (χ0v) is 11.7. The van der Waals surface area contributed by atoms with Crippen molar-refractivity contribution in [3.05, 3.63) is 35.1 Å². The highest BCUT2D eigenvalue weighted by atomic mass is 19.1. The number of nitrogens with two attached hydrogens (primary N) is 1. The van der Waals surface area contributed by atoms with E-state index in [0.29, 0.717) is 25.2 Å². The van der Waals surface area contributed by atoms with E-state index in [2.05, 4.69) is 5.32 Å². The van der Waals surface area contributed by atoms with Crippen LogP contribution in [0.2, 0.25) is 0 Å². The zero-order valence-electron chi connectivity index (χ0n) is 11.7. The molecule has 1 atom stereocenters. The summed E-state index contributed by atoms with van der Waals surface area (Å²) in [4.78, 5) is 13.4. The molecule has 0 aromatic heterocycles. The quantitative estimate of drug-likeness (QED) is 0.811. The Hall–Kier alpha value is -1.46. The van der Waals surface area contributed by atoms with Gasteiger partial charge in [-0.05, 0) is 18.7 Å². The van der Waals surface area contributed by atoms with Crippen molar-refractivity contribution in [3.63, 3.8) is 0 Å². The largest absolute Gasteiger partial charge is 0.359 e. The average Bonchev–Trinajstić information content (AvgIpc) is 2.40. The van der Waals surface area contributed by atoms with Crippen LogP contribution in [0.3, 0.4) is 0 Å². The topological polar surface area (TPSA) is 58.4 Å². The lowest BCUT2D eigenvalue weighted by atomic mass is 10.1. The number of hydrogen-bond acceptors (Lipinski definition) is 3. The van der Waals surface area contributed by atoms with Crippen molar-refractivity contribution >= 4 is 5.91 Å². The zero-order chi connectivity index (χ0) is 14.4. The maximum Gasteiger partial charge on any atom is 0.223 e. The Labute approximate surface area is 113 Å². The molecule has 1 aromatic rings. The molecule has 0 saturated heterocycles. The van der Waals surface area contributed by atoms with E-state index in [9.17, 15) is 9.18 Å². The molecule has 3 N–H and O–H groups in total. The maximum absolute atomic E-state index is 13.7. The summed E-state index contributed by atoms with van der Waals surface area (Å²) in [7, 11) is 3.48. The van der Waals surface area contributed by atoms with Gasteiger partial charge in [0.15, 0.2) is 0 Å². The van der Waals surface area contributed by atoms with Crippen LogP contribution in [0, 0.1) is 11.7 Å². The molecular weight excluding hydrogens is 245 g/mol. The monoisotopic (exact) mass is 267 g/mol. The van der Waals surface area contributed by atoms with E-state index in [-0.39, 0.29) is 17.6 Å². The SMILES string of the molecule is CNC(=O)C(C)CN(C)Cc1cc(CN)ccc1F. The highest BCUT2D eigenvalue weighted by Crippen LogP contribution is 2.13. The highest BCUT2D eigenvalue weighted by molar-refractivity contribution is 5.78. The van der Waals surface area contributed by atoms with Gasteiger partial charge in [0, 0.05) is 38.2 Å². The fraction of sp³-hybridized carbons (Fsp3) is 0.500. The van der Waals surface area contributed by atoms with E-state index in [0.717, 1.165) is 5.56 Å². The predicted molar refractivity (Wildman–Crippen MR) is 73.9 cm³/mol. The Morgan fingerprint density at radius 2 is 2.21 bits per heavy atom. The molecule has 1 unspecified atom stereocenters. The Morgan fingerprint density at radius 3 is 2.79 bits per heavy atom. The second-order valence-electron chi connectivity index (χ2n) is 4.84. The first-order valence-electron chi connectivity index (χ1n) is 6.35. The van der Waals surface area contributed by atoms with Crippen LogP contribution >= 0.6 is 0 Å². The summed E-state index contributed by atoms with van der Waals surface area (Å²) in [6.07, 6.45) is 0. The van der Waals surface area contributed by atoms with Gasteiger partial charge in [0.2, 0.25) is 5.91 Å². The number of rotatable bonds is 6. The lowest BCUT2D eigenvalue weighted by Gasteiger charge is -2.21. The summed E-state index contributed by atoms with van der Waals surface area (Å²) in [5, 5.41) is 2.61. The highest BCUT2D eigenvalue weighted by Gasteiger charge is 2.14. The first-order chi connectivity index (χ1) is 8.97. The van der Waals surface area contributed by atoms with Gasteiger partial charge in [-0.1, -0.05) is 19.1 Å². The molecule has 0 radical (unpaired) electrons. The Kier molecular flexibility index (Phi) is 5.92. The van der Waals surface area contributed by atoms with E-state index in [1.54, 1.807) is 19.2 Å². The molecule has 0 heterocycles. The third-order valence-electron chi connectivity index (χ3n) is 3.07. The second kappa shape index (κ2) is 7.21. The summed E-state index contributed by atoms with van der Waals surface area (Å²) in [5.41, 5.74) is 7.06. The standard InChI is InChI=1S/C14H22FN3O/c1-10(14(19)17-2)8-18(3)9-12-6-11(7-16)4-5-13(12)15/h4-6,10H,7-9,16H2,1-3H3,(H,17,19). The average molecular weight is 267 g/mol. The molecule has 106 valence electrons. The molecule has 19 heavy (non-hydrogen) atoms. The number of carbonyl (C=O) groups excluding carboxylic acids is 1. The van der Waals surface area contributed by atoms with Gasteiger partial charge in [0.1, 0.15) is 5.82 Å². The smallest absolute Gasteiger partial charge is 0.223 e. The first-order valence-corrected chi connectivity index (χ1v) is 6.35. The molecular formula is C14H22FN3O. The summed E-state index contributed by atoms with van der Waals surface area (Å²) >= 11 is 0. The van der Waals surface area contributed by atoms with Crippen LogP contribution in [0.15, 0.2) is 18.2 Å².